The zero-order valence-electron chi connectivity index (χ0n) is 11.6. The molecule has 2 aromatic rings. The van der Waals surface area contributed by atoms with E-state index in [0.717, 1.165) is 17.0 Å². The van der Waals surface area contributed by atoms with E-state index in [1.165, 1.54) is 0 Å². The maximum absolute atomic E-state index is 7.62. The Bertz CT molecular complexity index is 612. The second kappa shape index (κ2) is 6.06. The number of hydrogen-bond donors (Lipinski definition) is 2. The molecule has 1 aromatic heterocycles. The number of nitrogens with zero attached hydrogens (tertiary/aromatic N) is 2. The number of benzene rings is 1. The van der Waals surface area contributed by atoms with Gasteiger partial charge in [-0.05, 0) is 23.8 Å². The first kappa shape index (κ1) is 13.9. The fraction of sp³-hybridized carbons (Fsp3) is 0.200. The van der Waals surface area contributed by atoms with Gasteiger partial charge in [0, 0.05) is 25.4 Å². The molecular weight excluding hydrogens is 252 g/mol. The van der Waals surface area contributed by atoms with E-state index in [1.807, 2.05) is 36.2 Å². The van der Waals surface area contributed by atoms with E-state index in [1.54, 1.807) is 25.6 Å². The minimum absolute atomic E-state index is 0.0416. The smallest absolute Gasteiger partial charge is 0.125 e. The second-order valence-corrected chi connectivity index (χ2v) is 4.51. The van der Waals surface area contributed by atoms with Crippen LogP contribution in [-0.4, -0.2) is 25.0 Å². The predicted octanol–water partition coefficient (Wildman–Crippen LogP) is 2.01. The van der Waals surface area contributed by atoms with Crippen molar-refractivity contribution in [2.24, 2.45) is 5.73 Å². The van der Waals surface area contributed by atoms with E-state index in [-0.39, 0.29) is 5.84 Å². The van der Waals surface area contributed by atoms with Crippen LogP contribution < -0.4 is 15.4 Å². The van der Waals surface area contributed by atoms with Crippen LogP contribution in [0.1, 0.15) is 11.1 Å². The van der Waals surface area contributed by atoms with E-state index in [2.05, 4.69) is 4.98 Å². The van der Waals surface area contributed by atoms with Gasteiger partial charge < -0.3 is 15.4 Å². The number of amidine groups is 1. The summed E-state index contributed by atoms with van der Waals surface area (Å²) in [5.74, 6) is 0.869. The number of rotatable bonds is 5. The highest BCUT2D eigenvalue weighted by molar-refractivity contribution is 6.00. The van der Waals surface area contributed by atoms with Gasteiger partial charge in [-0.15, -0.1) is 0 Å². The van der Waals surface area contributed by atoms with Crippen LogP contribution in [0.25, 0.3) is 0 Å². The molecule has 1 heterocycles. The monoisotopic (exact) mass is 270 g/mol. The van der Waals surface area contributed by atoms with Gasteiger partial charge in [-0.25, -0.2) is 0 Å². The number of nitrogen functional groups attached to an aromatic ring is 1. The third-order valence-corrected chi connectivity index (χ3v) is 3.06. The van der Waals surface area contributed by atoms with Crippen LogP contribution >= 0.6 is 0 Å². The van der Waals surface area contributed by atoms with Crippen molar-refractivity contribution >= 4 is 11.5 Å². The van der Waals surface area contributed by atoms with Crippen LogP contribution in [0.3, 0.4) is 0 Å². The molecule has 0 amide bonds. The molecule has 0 saturated carbocycles. The molecule has 104 valence electrons. The maximum Gasteiger partial charge on any atom is 0.125 e. The molecule has 0 saturated heterocycles. The van der Waals surface area contributed by atoms with Crippen molar-refractivity contribution in [3.8, 4) is 5.75 Å². The average Bonchev–Trinajstić information content (AvgIpc) is 2.47. The molecular formula is C15H18N4O. The largest absolute Gasteiger partial charge is 0.497 e. The summed E-state index contributed by atoms with van der Waals surface area (Å²) in [5.41, 5.74) is 8.24. The van der Waals surface area contributed by atoms with Gasteiger partial charge >= 0.3 is 0 Å². The zero-order chi connectivity index (χ0) is 14.5. The summed E-state index contributed by atoms with van der Waals surface area (Å²) in [6.07, 6.45) is 3.36. The van der Waals surface area contributed by atoms with Crippen molar-refractivity contribution in [3.05, 3.63) is 53.9 Å². The van der Waals surface area contributed by atoms with E-state index in [0.29, 0.717) is 12.1 Å². The van der Waals surface area contributed by atoms with Crippen LogP contribution in [0.4, 0.5) is 5.69 Å². The zero-order valence-corrected chi connectivity index (χ0v) is 11.6. The third-order valence-electron chi connectivity index (χ3n) is 3.06. The molecule has 0 spiro atoms. The quantitative estimate of drug-likeness (QED) is 0.643. The van der Waals surface area contributed by atoms with Crippen molar-refractivity contribution in [1.29, 1.82) is 5.41 Å². The number of aromatic nitrogens is 1. The summed E-state index contributed by atoms with van der Waals surface area (Å²) < 4.78 is 5.22. The number of nitrogens with two attached hydrogens (primary N) is 1. The summed E-state index contributed by atoms with van der Waals surface area (Å²) in [4.78, 5) is 6.12. The predicted molar refractivity (Wildman–Crippen MR) is 80.4 cm³/mol. The number of ether oxygens (including phenoxy) is 1. The summed E-state index contributed by atoms with van der Waals surface area (Å²) >= 11 is 0. The van der Waals surface area contributed by atoms with Gasteiger partial charge in [0.25, 0.3) is 0 Å². The summed E-state index contributed by atoms with van der Waals surface area (Å²) in [6, 6.07) is 9.63. The van der Waals surface area contributed by atoms with E-state index in [4.69, 9.17) is 15.9 Å². The second-order valence-electron chi connectivity index (χ2n) is 4.51. The van der Waals surface area contributed by atoms with Gasteiger partial charge in [0.2, 0.25) is 0 Å². The van der Waals surface area contributed by atoms with Crippen molar-refractivity contribution < 1.29 is 4.74 Å². The molecule has 0 fully saturated rings. The van der Waals surface area contributed by atoms with Crippen molar-refractivity contribution in [2.45, 2.75) is 6.54 Å². The van der Waals surface area contributed by atoms with Gasteiger partial charge in [-0.3, -0.25) is 10.4 Å². The Morgan fingerprint density at radius 2 is 2.20 bits per heavy atom. The lowest BCUT2D eigenvalue weighted by Gasteiger charge is -2.21. The number of pyridine rings is 1. The molecule has 3 N–H and O–H groups in total. The Labute approximate surface area is 118 Å². The fourth-order valence-corrected chi connectivity index (χ4v) is 2.05. The summed E-state index contributed by atoms with van der Waals surface area (Å²) in [7, 11) is 3.60. The van der Waals surface area contributed by atoms with Crippen LogP contribution in [-0.2, 0) is 6.54 Å². The molecule has 5 heteroatoms. The lowest BCUT2D eigenvalue weighted by atomic mass is 10.1. The number of methoxy groups -OCH3 is 1. The summed E-state index contributed by atoms with van der Waals surface area (Å²) in [5, 5.41) is 7.62. The van der Waals surface area contributed by atoms with Crippen molar-refractivity contribution in [3.63, 3.8) is 0 Å². The molecule has 2 rings (SSSR count). The van der Waals surface area contributed by atoms with E-state index in [9.17, 15) is 0 Å². The van der Waals surface area contributed by atoms with Crippen LogP contribution in [0.5, 0.6) is 5.75 Å². The molecule has 0 bridgehead atoms. The summed E-state index contributed by atoms with van der Waals surface area (Å²) in [6.45, 7) is 0.684. The van der Waals surface area contributed by atoms with E-state index < -0.39 is 0 Å². The Morgan fingerprint density at radius 3 is 2.90 bits per heavy atom. The molecule has 1 aromatic carbocycles. The first-order valence-electron chi connectivity index (χ1n) is 6.24. The van der Waals surface area contributed by atoms with Gasteiger partial charge in [-0.2, -0.15) is 0 Å². The maximum atomic E-state index is 7.62. The van der Waals surface area contributed by atoms with Gasteiger partial charge in [-0.1, -0.05) is 12.1 Å². The Balaban J connectivity index is 2.23. The minimum atomic E-state index is 0.0416. The lowest BCUT2D eigenvalue weighted by molar-refractivity contribution is 0.414. The van der Waals surface area contributed by atoms with Crippen LogP contribution in [0.2, 0.25) is 0 Å². The third kappa shape index (κ3) is 3.06. The number of hydrogen-bond acceptors (Lipinski definition) is 4. The normalized spacial score (nSPS) is 10.1. The average molecular weight is 270 g/mol. The number of nitrogens with one attached hydrogen (secondary N) is 1. The van der Waals surface area contributed by atoms with Crippen molar-refractivity contribution in [2.75, 3.05) is 19.1 Å². The van der Waals surface area contributed by atoms with Gasteiger partial charge in [0.1, 0.15) is 11.6 Å². The minimum Gasteiger partial charge on any atom is -0.497 e. The first-order valence-corrected chi connectivity index (χ1v) is 6.24. The lowest BCUT2D eigenvalue weighted by Crippen LogP contribution is -2.22. The molecule has 0 aliphatic heterocycles. The van der Waals surface area contributed by atoms with Gasteiger partial charge in [0.05, 0.1) is 19.0 Å². The van der Waals surface area contributed by atoms with Gasteiger partial charge in [0.15, 0.2) is 0 Å². The molecule has 0 radical (unpaired) electrons. The topological polar surface area (TPSA) is 75.2 Å². The molecule has 0 atom stereocenters. The first-order chi connectivity index (χ1) is 9.61. The van der Waals surface area contributed by atoms with E-state index >= 15 is 0 Å². The van der Waals surface area contributed by atoms with Crippen LogP contribution in [0.15, 0.2) is 42.7 Å². The fourth-order valence-electron chi connectivity index (χ4n) is 2.05. The molecule has 0 aliphatic carbocycles. The van der Waals surface area contributed by atoms with Crippen LogP contribution in [0, 0.1) is 5.41 Å². The molecule has 0 unspecified atom stereocenters. The Hall–Kier alpha value is -2.56. The molecule has 0 aliphatic rings. The highest BCUT2D eigenvalue weighted by Gasteiger charge is 2.10. The molecule has 5 nitrogen and oxygen atoms in total. The highest BCUT2D eigenvalue weighted by atomic mass is 16.5. The van der Waals surface area contributed by atoms with Crippen molar-refractivity contribution in [1.82, 2.24) is 4.98 Å². The standard InChI is InChI=1S/C15H18N4O/c1-19(10-11-4-3-5-12(8-11)20-2)14-9-18-7-6-13(14)15(16)17/h3-9H,10H2,1-2H3,(H3,16,17). The Kier molecular flexibility index (Phi) is 4.20. The Morgan fingerprint density at radius 1 is 1.40 bits per heavy atom. The number of anilines is 1. The highest BCUT2D eigenvalue weighted by Crippen LogP contribution is 2.21. The molecule has 20 heavy (non-hydrogen) atoms. The SMILES string of the molecule is COc1cccc(CN(C)c2cnccc2C(=N)N)c1.